The zero-order valence-electron chi connectivity index (χ0n) is 10.6. The summed E-state index contributed by atoms with van der Waals surface area (Å²) < 4.78 is 0. The van der Waals surface area contributed by atoms with Crippen molar-refractivity contribution in [1.82, 2.24) is 4.90 Å². The van der Waals surface area contributed by atoms with Crippen LogP contribution in [0.4, 0.5) is 10.5 Å². The summed E-state index contributed by atoms with van der Waals surface area (Å²) in [5.74, 6) is 2.56. The van der Waals surface area contributed by atoms with E-state index < -0.39 is 0 Å². The van der Waals surface area contributed by atoms with E-state index in [2.05, 4.69) is 18.2 Å². The molecule has 1 aliphatic rings. The standard InChI is InChI=1S/C15H18N2O/c1-3-13-8-6-9-14(11-13)16-15(18)17-10-5-4-7-12(17)2/h1,6,8-9,11-12H,4-5,7,10H2,2H3,(H,16,18). The third-order valence-corrected chi connectivity index (χ3v) is 3.34. The van der Waals surface area contributed by atoms with Gasteiger partial charge in [0.05, 0.1) is 0 Å². The summed E-state index contributed by atoms with van der Waals surface area (Å²) >= 11 is 0. The van der Waals surface area contributed by atoms with Crippen LogP contribution in [0.15, 0.2) is 24.3 Å². The Morgan fingerprint density at radius 2 is 2.33 bits per heavy atom. The second-order valence-electron chi connectivity index (χ2n) is 4.69. The fraction of sp³-hybridized carbons (Fsp3) is 0.400. The first-order valence-corrected chi connectivity index (χ1v) is 6.35. The zero-order chi connectivity index (χ0) is 13.0. The van der Waals surface area contributed by atoms with Crippen LogP contribution in [-0.2, 0) is 0 Å². The molecule has 1 fully saturated rings. The third-order valence-electron chi connectivity index (χ3n) is 3.34. The molecule has 3 nitrogen and oxygen atoms in total. The molecular formula is C15H18N2O. The Kier molecular flexibility index (Phi) is 3.88. The van der Waals surface area contributed by atoms with Crippen molar-refractivity contribution < 1.29 is 4.79 Å². The number of carbonyl (C=O) groups excluding carboxylic acids is 1. The van der Waals surface area contributed by atoms with Crippen molar-refractivity contribution in [2.75, 3.05) is 11.9 Å². The number of amides is 2. The van der Waals surface area contributed by atoms with Gasteiger partial charge in [-0.15, -0.1) is 6.42 Å². The summed E-state index contributed by atoms with van der Waals surface area (Å²) in [7, 11) is 0. The Labute approximate surface area is 108 Å². The number of terminal acetylenes is 1. The van der Waals surface area contributed by atoms with Crippen molar-refractivity contribution in [3.63, 3.8) is 0 Å². The minimum atomic E-state index is -0.0311. The highest BCUT2D eigenvalue weighted by Gasteiger charge is 2.22. The van der Waals surface area contributed by atoms with Crippen LogP contribution >= 0.6 is 0 Å². The van der Waals surface area contributed by atoms with Crippen molar-refractivity contribution in [3.05, 3.63) is 29.8 Å². The molecule has 1 unspecified atom stereocenters. The van der Waals surface area contributed by atoms with Crippen LogP contribution < -0.4 is 5.32 Å². The van der Waals surface area contributed by atoms with Crippen LogP contribution in [0, 0.1) is 12.3 Å². The lowest BCUT2D eigenvalue weighted by Crippen LogP contribution is -2.44. The molecule has 18 heavy (non-hydrogen) atoms. The number of benzene rings is 1. The number of carbonyl (C=O) groups is 1. The first-order chi connectivity index (χ1) is 8.70. The maximum atomic E-state index is 12.1. The summed E-state index contributed by atoms with van der Waals surface area (Å²) in [6.07, 6.45) is 8.71. The summed E-state index contributed by atoms with van der Waals surface area (Å²) in [4.78, 5) is 14.0. The Morgan fingerprint density at radius 3 is 3.06 bits per heavy atom. The predicted octanol–water partition coefficient (Wildman–Crippen LogP) is 3.07. The van der Waals surface area contributed by atoms with E-state index in [1.54, 1.807) is 0 Å². The van der Waals surface area contributed by atoms with Gasteiger partial charge >= 0.3 is 6.03 Å². The molecular weight excluding hydrogens is 224 g/mol. The van der Waals surface area contributed by atoms with Crippen LogP contribution in [0.25, 0.3) is 0 Å². The van der Waals surface area contributed by atoms with Crippen molar-refractivity contribution >= 4 is 11.7 Å². The van der Waals surface area contributed by atoms with Crippen LogP contribution in [0.3, 0.4) is 0 Å². The fourth-order valence-corrected chi connectivity index (χ4v) is 2.28. The molecule has 1 heterocycles. The average molecular weight is 242 g/mol. The molecule has 94 valence electrons. The number of hydrogen-bond donors (Lipinski definition) is 1. The van der Waals surface area contributed by atoms with Gasteiger partial charge in [-0.25, -0.2) is 4.79 Å². The van der Waals surface area contributed by atoms with Gasteiger partial charge in [0.15, 0.2) is 0 Å². The molecule has 1 saturated heterocycles. The molecule has 0 aliphatic carbocycles. The largest absolute Gasteiger partial charge is 0.322 e. The lowest BCUT2D eigenvalue weighted by molar-refractivity contribution is 0.170. The van der Waals surface area contributed by atoms with Crippen molar-refractivity contribution in [1.29, 1.82) is 0 Å². The normalized spacial score (nSPS) is 19.1. The van der Waals surface area contributed by atoms with Gasteiger partial charge in [0.2, 0.25) is 0 Å². The number of nitrogens with one attached hydrogen (secondary N) is 1. The summed E-state index contributed by atoms with van der Waals surface area (Å²) in [5, 5.41) is 2.91. The SMILES string of the molecule is C#Cc1cccc(NC(=O)N2CCCCC2C)c1. The first kappa shape index (κ1) is 12.5. The minimum absolute atomic E-state index is 0.0311. The average Bonchev–Trinajstić information content (AvgIpc) is 2.39. The van der Waals surface area contributed by atoms with E-state index in [0.717, 1.165) is 30.6 Å². The van der Waals surface area contributed by atoms with E-state index >= 15 is 0 Å². The van der Waals surface area contributed by atoms with E-state index in [0.29, 0.717) is 6.04 Å². The summed E-state index contributed by atoms with van der Waals surface area (Å²) in [5.41, 5.74) is 1.53. The predicted molar refractivity (Wildman–Crippen MR) is 73.4 cm³/mol. The second kappa shape index (κ2) is 5.59. The third kappa shape index (κ3) is 2.84. The molecule has 3 heteroatoms. The molecule has 0 radical (unpaired) electrons. The Balaban J connectivity index is 2.04. The number of piperidine rings is 1. The van der Waals surface area contributed by atoms with E-state index in [1.165, 1.54) is 6.42 Å². The van der Waals surface area contributed by atoms with Crippen LogP contribution in [0.5, 0.6) is 0 Å². The van der Waals surface area contributed by atoms with Crippen LogP contribution in [-0.4, -0.2) is 23.5 Å². The molecule has 1 aromatic rings. The molecule has 1 aliphatic heterocycles. The molecule has 1 N–H and O–H groups in total. The maximum absolute atomic E-state index is 12.1. The topological polar surface area (TPSA) is 32.3 Å². The van der Waals surface area contributed by atoms with Crippen molar-refractivity contribution in [3.8, 4) is 12.3 Å². The summed E-state index contributed by atoms with van der Waals surface area (Å²) in [6.45, 7) is 2.93. The second-order valence-corrected chi connectivity index (χ2v) is 4.69. The number of urea groups is 1. The highest BCUT2D eigenvalue weighted by Crippen LogP contribution is 2.18. The Morgan fingerprint density at radius 1 is 1.50 bits per heavy atom. The Hall–Kier alpha value is -1.95. The van der Waals surface area contributed by atoms with Gasteiger partial charge in [-0.05, 0) is 44.4 Å². The lowest BCUT2D eigenvalue weighted by atomic mass is 10.0. The molecule has 1 atom stereocenters. The molecule has 0 bridgehead atoms. The van der Waals surface area contributed by atoms with Gasteiger partial charge in [0.25, 0.3) is 0 Å². The molecule has 0 spiro atoms. The van der Waals surface area contributed by atoms with Gasteiger partial charge in [0.1, 0.15) is 0 Å². The lowest BCUT2D eigenvalue weighted by Gasteiger charge is -2.33. The molecule has 0 saturated carbocycles. The molecule has 2 amide bonds. The molecule has 1 aromatic carbocycles. The number of likely N-dealkylation sites (tertiary alicyclic amines) is 1. The fourth-order valence-electron chi connectivity index (χ4n) is 2.28. The number of hydrogen-bond acceptors (Lipinski definition) is 1. The van der Waals surface area contributed by atoms with Gasteiger partial charge in [-0.1, -0.05) is 12.0 Å². The van der Waals surface area contributed by atoms with E-state index in [4.69, 9.17) is 6.42 Å². The Bertz CT molecular complexity index is 476. The van der Waals surface area contributed by atoms with Gasteiger partial charge < -0.3 is 10.2 Å². The van der Waals surface area contributed by atoms with Gasteiger partial charge in [-0.2, -0.15) is 0 Å². The quantitative estimate of drug-likeness (QED) is 0.754. The van der Waals surface area contributed by atoms with Crippen molar-refractivity contribution in [2.24, 2.45) is 0 Å². The molecule has 2 rings (SSSR count). The summed E-state index contributed by atoms with van der Waals surface area (Å²) in [6, 6.07) is 7.65. The highest BCUT2D eigenvalue weighted by molar-refractivity contribution is 5.89. The van der Waals surface area contributed by atoms with E-state index in [-0.39, 0.29) is 6.03 Å². The molecule has 0 aromatic heterocycles. The van der Waals surface area contributed by atoms with E-state index in [1.807, 2.05) is 29.2 Å². The van der Waals surface area contributed by atoms with Crippen LogP contribution in [0.1, 0.15) is 31.7 Å². The zero-order valence-corrected chi connectivity index (χ0v) is 10.6. The number of nitrogens with zero attached hydrogens (tertiary/aromatic N) is 1. The van der Waals surface area contributed by atoms with Gasteiger partial charge in [0, 0.05) is 23.8 Å². The maximum Gasteiger partial charge on any atom is 0.322 e. The number of anilines is 1. The van der Waals surface area contributed by atoms with Crippen LogP contribution in [0.2, 0.25) is 0 Å². The monoisotopic (exact) mass is 242 g/mol. The minimum Gasteiger partial charge on any atom is -0.322 e. The van der Waals surface area contributed by atoms with Gasteiger partial charge in [-0.3, -0.25) is 0 Å². The highest BCUT2D eigenvalue weighted by atomic mass is 16.2. The number of rotatable bonds is 1. The van der Waals surface area contributed by atoms with Crippen molar-refractivity contribution in [2.45, 2.75) is 32.2 Å². The smallest absolute Gasteiger partial charge is 0.322 e. The first-order valence-electron chi connectivity index (χ1n) is 6.35. The van der Waals surface area contributed by atoms with E-state index in [9.17, 15) is 4.79 Å².